The fourth-order valence-electron chi connectivity index (χ4n) is 2.42. The first kappa shape index (κ1) is 17.3. The summed E-state index contributed by atoms with van der Waals surface area (Å²) >= 11 is 4.09. The molecule has 124 valence electrons. The largest absolute Gasteiger partial charge is 0.291 e. The van der Waals surface area contributed by atoms with Crippen molar-refractivity contribution in [3.8, 4) is 0 Å². The maximum absolute atomic E-state index is 4.60. The highest BCUT2D eigenvalue weighted by molar-refractivity contribution is 8.07. The summed E-state index contributed by atoms with van der Waals surface area (Å²) in [6, 6.07) is 20.6. The Hall–Kier alpha value is -1.52. The normalized spacial score (nSPS) is 21.5. The number of thioether (sulfide) groups is 2. The molecule has 24 heavy (non-hydrogen) atoms. The molecule has 2 unspecified atom stereocenters. The van der Waals surface area contributed by atoms with Crippen LogP contribution >= 0.6 is 23.5 Å². The molecule has 0 aromatic heterocycles. The SMILES string of the molecule is C(=NCC1CSC(CN=Cc2ccccc2)CS1)c1ccccc1. The Kier molecular flexibility index (Phi) is 6.99. The van der Waals surface area contributed by atoms with Crippen LogP contribution in [-0.2, 0) is 0 Å². The lowest BCUT2D eigenvalue weighted by atomic mass is 10.2. The summed E-state index contributed by atoms with van der Waals surface area (Å²) in [6.45, 7) is 1.82. The van der Waals surface area contributed by atoms with Crippen molar-refractivity contribution in [2.24, 2.45) is 9.98 Å². The summed E-state index contributed by atoms with van der Waals surface area (Å²) in [5.41, 5.74) is 2.36. The van der Waals surface area contributed by atoms with Gasteiger partial charge in [-0.05, 0) is 11.1 Å². The lowest BCUT2D eigenvalue weighted by molar-refractivity contribution is 0.909. The molecular weight excluding hydrogens is 332 g/mol. The first-order valence-corrected chi connectivity index (χ1v) is 10.3. The minimum atomic E-state index is 0.629. The summed E-state index contributed by atoms with van der Waals surface area (Å²) in [5, 5.41) is 1.26. The van der Waals surface area contributed by atoms with Crippen molar-refractivity contribution in [3.05, 3.63) is 71.8 Å². The molecular formula is C20H22N2S2. The molecule has 2 aromatic rings. The van der Waals surface area contributed by atoms with E-state index in [1.54, 1.807) is 0 Å². The highest BCUT2D eigenvalue weighted by Gasteiger charge is 2.21. The van der Waals surface area contributed by atoms with Crippen LogP contribution in [0.2, 0.25) is 0 Å². The van der Waals surface area contributed by atoms with Crippen LogP contribution in [0.3, 0.4) is 0 Å². The van der Waals surface area contributed by atoms with Crippen LogP contribution in [0.4, 0.5) is 0 Å². The number of nitrogens with zero attached hydrogens (tertiary/aromatic N) is 2. The summed E-state index contributed by atoms with van der Waals surface area (Å²) < 4.78 is 0. The minimum absolute atomic E-state index is 0.629. The predicted octanol–water partition coefficient (Wildman–Crippen LogP) is 4.44. The summed E-state index contributed by atoms with van der Waals surface area (Å²) in [7, 11) is 0. The zero-order valence-electron chi connectivity index (χ0n) is 13.6. The van der Waals surface area contributed by atoms with E-state index in [-0.39, 0.29) is 0 Å². The molecule has 2 atom stereocenters. The molecule has 0 amide bonds. The third kappa shape index (κ3) is 5.84. The summed E-state index contributed by atoms with van der Waals surface area (Å²) in [5.74, 6) is 2.34. The first-order chi connectivity index (χ1) is 11.9. The molecule has 0 aliphatic carbocycles. The van der Waals surface area contributed by atoms with E-state index in [1.165, 1.54) is 22.6 Å². The Morgan fingerprint density at radius 2 is 1.12 bits per heavy atom. The van der Waals surface area contributed by atoms with E-state index in [2.05, 4.69) is 34.3 Å². The van der Waals surface area contributed by atoms with Crippen molar-refractivity contribution in [2.75, 3.05) is 24.6 Å². The maximum Gasteiger partial charge on any atom is 0.0516 e. The van der Waals surface area contributed by atoms with E-state index in [4.69, 9.17) is 0 Å². The van der Waals surface area contributed by atoms with Gasteiger partial charge in [0.1, 0.15) is 0 Å². The van der Waals surface area contributed by atoms with E-state index >= 15 is 0 Å². The van der Waals surface area contributed by atoms with Crippen molar-refractivity contribution < 1.29 is 0 Å². The van der Waals surface area contributed by atoms with E-state index in [1.807, 2.05) is 72.4 Å². The van der Waals surface area contributed by atoms with E-state index in [9.17, 15) is 0 Å². The molecule has 0 N–H and O–H groups in total. The van der Waals surface area contributed by atoms with Crippen molar-refractivity contribution >= 4 is 36.0 Å². The molecule has 3 rings (SSSR count). The highest BCUT2D eigenvalue weighted by Crippen LogP contribution is 2.30. The molecule has 0 saturated carbocycles. The zero-order chi connectivity index (χ0) is 16.5. The van der Waals surface area contributed by atoms with Crippen LogP contribution in [0, 0.1) is 0 Å². The quantitative estimate of drug-likeness (QED) is 0.716. The van der Waals surface area contributed by atoms with Crippen molar-refractivity contribution in [1.82, 2.24) is 0 Å². The van der Waals surface area contributed by atoms with Gasteiger partial charge in [0.15, 0.2) is 0 Å². The van der Waals surface area contributed by atoms with Gasteiger partial charge < -0.3 is 0 Å². The Bertz CT molecular complexity index is 588. The molecule has 1 fully saturated rings. The fourth-order valence-corrected chi connectivity index (χ4v) is 5.23. The Labute approximate surface area is 152 Å². The highest BCUT2D eigenvalue weighted by atomic mass is 32.2. The van der Waals surface area contributed by atoms with Crippen LogP contribution in [0.25, 0.3) is 0 Å². The Morgan fingerprint density at radius 1 is 0.708 bits per heavy atom. The smallest absolute Gasteiger partial charge is 0.0516 e. The molecule has 2 aromatic carbocycles. The van der Waals surface area contributed by atoms with Gasteiger partial charge in [0, 0.05) is 34.4 Å². The fraction of sp³-hybridized carbons (Fsp3) is 0.300. The second kappa shape index (κ2) is 9.70. The van der Waals surface area contributed by atoms with Crippen molar-refractivity contribution in [1.29, 1.82) is 0 Å². The van der Waals surface area contributed by atoms with Gasteiger partial charge in [0.2, 0.25) is 0 Å². The van der Waals surface area contributed by atoms with Gasteiger partial charge >= 0.3 is 0 Å². The number of aliphatic imine (C=N–C) groups is 2. The molecule has 1 saturated heterocycles. The molecule has 4 heteroatoms. The van der Waals surface area contributed by atoms with Crippen LogP contribution in [0.15, 0.2) is 70.6 Å². The molecule has 1 heterocycles. The van der Waals surface area contributed by atoms with E-state index < -0.39 is 0 Å². The van der Waals surface area contributed by atoms with Crippen molar-refractivity contribution in [2.45, 2.75) is 10.5 Å². The molecule has 1 aliphatic rings. The minimum Gasteiger partial charge on any atom is -0.291 e. The van der Waals surface area contributed by atoms with Gasteiger partial charge in [-0.25, -0.2) is 0 Å². The van der Waals surface area contributed by atoms with Gasteiger partial charge in [0.05, 0.1) is 13.1 Å². The van der Waals surface area contributed by atoms with Gasteiger partial charge in [0.25, 0.3) is 0 Å². The van der Waals surface area contributed by atoms with Crippen LogP contribution in [0.1, 0.15) is 11.1 Å². The Balaban J connectivity index is 1.36. The average molecular weight is 355 g/mol. The van der Waals surface area contributed by atoms with E-state index in [0.29, 0.717) is 10.5 Å². The number of rotatable bonds is 6. The lowest BCUT2D eigenvalue weighted by Crippen LogP contribution is -2.25. The zero-order valence-corrected chi connectivity index (χ0v) is 15.3. The van der Waals surface area contributed by atoms with Gasteiger partial charge in [-0.3, -0.25) is 9.98 Å². The number of hydrogen-bond acceptors (Lipinski definition) is 4. The molecule has 0 radical (unpaired) electrons. The predicted molar refractivity (Wildman–Crippen MR) is 110 cm³/mol. The summed E-state index contributed by atoms with van der Waals surface area (Å²) in [6.07, 6.45) is 3.98. The first-order valence-electron chi connectivity index (χ1n) is 8.23. The van der Waals surface area contributed by atoms with Gasteiger partial charge in [-0.1, -0.05) is 60.7 Å². The van der Waals surface area contributed by atoms with Crippen LogP contribution < -0.4 is 0 Å². The van der Waals surface area contributed by atoms with Gasteiger partial charge in [-0.15, -0.1) is 0 Å². The second-order valence-electron chi connectivity index (χ2n) is 5.72. The molecule has 1 aliphatic heterocycles. The van der Waals surface area contributed by atoms with Crippen LogP contribution in [-0.4, -0.2) is 47.5 Å². The second-order valence-corrected chi connectivity index (χ2v) is 8.39. The monoisotopic (exact) mass is 354 g/mol. The maximum atomic E-state index is 4.60. The van der Waals surface area contributed by atoms with Gasteiger partial charge in [-0.2, -0.15) is 23.5 Å². The lowest BCUT2D eigenvalue weighted by Gasteiger charge is -2.25. The third-order valence-electron chi connectivity index (χ3n) is 3.73. The Morgan fingerprint density at radius 3 is 1.50 bits per heavy atom. The standard InChI is InChI=1S/C20H22N2S2/c1-3-7-17(8-4-1)11-21-13-19-15-24-20(16-23-19)14-22-12-18-9-5-2-6-10-18/h1-12,19-20H,13-16H2. The van der Waals surface area contributed by atoms with E-state index in [0.717, 1.165) is 13.1 Å². The average Bonchev–Trinajstić information content (AvgIpc) is 2.65. The molecule has 0 bridgehead atoms. The van der Waals surface area contributed by atoms with Crippen LogP contribution in [0.5, 0.6) is 0 Å². The molecule has 2 nitrogen and oxygen atoms in total. The molecule has 0 spiro atoms. The number of benzene rings is 2. The van der Waals surface area contributed by atoms with Crippen molar-refractivity contribution in [3.63, 3.8) is 0 Å². The summed E-state index contributed by atoms with van der Waals surface area (Å²) in [4.78, 5) is 9.21. The topological polar surface area (TPSA) is 24.7 Å². The third-order valence-corrected chi connectivity index (χ3v) is 6.92. The number of hydrogen-bond donors (Lipinski definition) is 0.